The van der Waals surface area contributed by atoms with Gasteiger partial charge in [-0.05, 0) is 80.7 Å². The van der Waals surface area contributed by atoms with Crippen LogP contribution in [-0.2, 0) is 61.6 Å². The van der Waals surface area contributed by atoms with Gasteiger partial charge in [0.15, 0.2) is 18.9 Å². The summed E-state index contributed by atoms with van der Waals surface area (Å²) in [5.41, 5.74) is 1.05. The summed E-state index contributed by atoms with van der Waals surface area (Å²) in [6.07, 6.45) is -7.18. The first kappa shape index (κ1) is 68.2. The molecule has 25 atom stereocenters. The average Bonchev–Trinajstić information content (AvgIpc) is 3.47. The van der Waals surface area contributed by atoms with E-state index in [0.717, 1.165) is 11.1 Å². The van der Waals surface area contributed by atoms with Crippen molar-refractivity contribution in [3.8, 4) is 0 Å². The number of allylic oxidation sites excluding steroid dienone is 7. The molecule has 0 aromatic rings. The fourth-order valence-corrected chi connectivity index (χ4v) is 11.8. The Morgan fingerprint density at radius 1 is 0.750 bits per heavy atom. The number of esters is 1. The minimum atomic E-state index is -2.54. The molecular formula is C59H98O21. The number of rotatable bonds is 15. The Bertz CT molecular complexity index is 2100. The van der Waals surface area contributed by atoms with E-state index in [1.807, 2.05) is 51.2 Å². The van der Waals surface area contributed by atoms with Crippen molar-refractivity contribution in [3.63, 3.8) is 0 Å². The number of aliphatic hydroxyl groups is 8. The normalized spacial score (nSPS) is 46.4. The fraction of sp³-hybridized carbons (Fsp3) is 0.814. The summed E-state index contributed by atoms with van der Waals surface area (Å²) in [6.45, 7) is 19.2. The van der Waals surface area contributed by atoms with Crippen LogP contribution in [-0.4, -0.2) is 216 Å². The molecule has 460 valence electrons. The quantitative estimate of drug-likeness (QED) is 0.108. The van der Waals surface area contributed by atoms with E-state index in [1.54, 1.807) is 54.5 Å². The molecule has 4 saturated heterocycles. The molecule has 5 aliphatic rings. The molecule has 5 heterocycles. The third-order valence-electron chi connectivity index (χ3n) is 16.6. The van der Waals surface area contributed by atoms with E-state index >= 15 is 0 Å². The molecule has 0 amide bonds. The van der Waals surface area contributed by atoms with Gasteiger partial charge in [0.1, 0.15) is 42.7 Å². The molecule has 21 heteroatoms. The number of hydrogen-bond donors (Lipinski definition) is 8. The highest BCUT2D eigenvalue weighted by molar-refractivity contribution is 5.88. The van der Waals surface area contributed by atoms with Gasteiger partial charge in [-0.25, -0.2) is 4.79 Å². The Labute approximate surface area is 473 Å². The van der Waals surface area contributed by atoms with Crippen molar-refractivity contribution in [1.82, 2.24) is 0 Å². The van der Waals surface area contributed by atoms with Crippen LogP contribution in [0.3, 0.4) is 0 Å². The van der Waals surface area contributed by atoms with Gasteiger partial charge in [0.2, 0.25) is 5.79 Å². The third-order valence-corrected chi connectivity index (χ3v) is 16.6. The zero-order valence-electron chi connectivity index (χ0n) is 49.8. The maximum Gasteiger partial charge on any atom is 0.334 e. The molecule has 0 bridgehead atoms. The largest absolute Gasteiger partial charge is 0.456 e. The predicted molar refractivity (Wildman–Crippen MR) is 292 cm³/mol. The topological polar surface area (TPSA) is 290 Å². The predicted octanol–water partition coefficient (Wildman–Crippen LogP) is 3.98. The Kier molecular flexibility index (Phi) is 26.0. The highest BCUT2D eigenvalue weighted by Crippen LogP contribution is 2.43. The van der Waals surface area contributed by atoms with E-state index in [1.165, 1.54) is 35.4 Å². The molecular weight excluding hydrogens is 1040 g/mol. The van der Waals surface area contributed by atoms with Crippen LogP contribution in [0, 0.1) is 17.8 Å². The van der Waals surface area contributed by atoms with Gasteiger partial charge >= 0.3 is 5.97 Å². The van der Waals surface area contributed by atoms with Gasteiger partial charge in [-0.3, -0.25) is 0 Å². The van der Waals surface area contributed by atoms with Gasteiger partial charge in [-0.2, -0.15) is 0 Å². The zero-order valence-corrected chi connectivity index (χ0v) is 49.8. The lowest BCUT2D eigenvalue weighted by Crippen LogP contribution is -2.66. The van der Waals surface area contributed by atoms with Crippen LogP contribution in [0.15, 0.2) is 58.7 Å². The third kappa shape index (κ3) is 17.5. The van der Waals surface area contributed by atoms with Crippen molar-refractivity contribution in [3.05, 3.63) is 58.7 Å². The van der Waals surface area contributed by atoms with Crippen molar-refractivity contribution in [2.24, 2.45) is 17.8 Å². The molecule has 0 aromatic carbocycles. The lowest BCUT2D eigenvalue weighted by atomic mass is 9.76. The molecule has 4 fully saturated rings. The minimum Gasteiger partial charge on any atom is -0.456 e. The molecule has 5 aliphatic heterocycles. The number of carbonyl (C=O) groups excluding carboxylic acids is 1. The second kappa shape index (κ2) is 30.5. The fourth-order valence-electron chi connectivity index (χ4n) is 11.8. The van der Waals surface area contributed by atoms with Crippen LogP contribution in [0.25, 0.3) is 0 Å². The number of hydrogen-bond acceptors (Lipinski definition) is 21. The Balaban J connectivity index is 1.38. The highest BCUT2D eigenvalue weighted by Gasteiger charge is 2.58. The number of carbonyl (C=O) groups is 1. The van der Waals surface area contributed by atoms with Gasteiger partial charge in [0.05, 0.1) is 73.2 Å². The van der Waals surface area contributed by atoms with Crippen LogP contribution in [0.2, 0.25) is 0 Å². The number of aliphatic hydroxyl groups excluding tert-OH is 6. The van der Waals surface area contributed by atoms with E-state index in [2.05, 4.69) is 0 Å². The number of methoxy groups -OCH3 is 4. The lowest BCUT2D eigenvalue weighted by Gasteiger charge is -2.51. The first-order valence-corrected chi connectivity index (χ1v) is 28.4. The minimum absolute atomic E-state index is 0.00848. The van der Waals surface area contributed by atoms with Gasteiger partial charge in [0, 0.05) is 77.4 Å². The van der Waals surface area contributed by atoms with Gasteiger partial charge in [0.25, 0.3) is 0 Å². The molecule has 21 nitrogen and oxygen atoms in total. The number of ether oxygens (including phenoxy) is 12. The van der Waals surface area contributed by atoms with Crippen LogP contribution < -0.4 is 0 Å². The molecule has 80 heavy (non-hydrogen) atoms. The van der Waals surface area contributed by atoms with Crippen molar-refractivity contribution >= 4 is 5.97 Å². The smallest absolute Gasteiger partial charge is 0.334 e. The number of cyclic esters (lactones) is 1. The van der Waals surface area contributed by atoms with Gasteiger partial charge < -0.3 is 97.7 Å². The molecule has 0 spiro atoms. The van der Waals surface area contributed by atoms with Crippen LogP contribution in [0.4, 0.5) is 0 Å². The zero-order chi connectivity index (χ0) is 59.6. The summed E-state index contributed by atoms with van der Waals surface area (Å²) in [5.74, 6) is -5.43. The van der Waals surface area contributed by atoms with E-state index in [4.69, 9.17) is 56.8 Å². The van der Waals surface area contributed by atoms with Crippen molar-refractivity contribution in [2.75, 3.05) is 35.0 Å². The highest BCUT2D eigenvalue weighted by atomic mass is 16.7. The Morgan fingerprint density at radius 2 is 1.43 bits per heavy atom. The van der Waals surface area contributed by atoms with Crippen LogP contribution in [0.5, 0.6) is 0 Å². The van der Waals surface area contributed by atoms with E-state index in [9.17, 15) is 45.6 Å². The van der Waals surface area contributed by atoms with Gasteiger partial charge in [-0.1, -0.05) is 67.9 Å². The molecule has 8 N–H and O–H groups in total. The monoisotopic (exact) mass is 1140 g/mol. The summed E-state index contributed by atoms with van der Waals surface area (Å²) in [4.78, 5) is 14.2. The molecule has 1 unspecified atom stereocenters. The maximum atomic E-state index is 14.2. The van der Waals surface area contributed by atoms with E-state index in [0.29, 0.717) is 18.4 Å². The molecule has 0 aliphatic carbocycles. The lowest BCUT2D eigenvalue weighted by molar-refractivity contribution is -0.366. The van der Waals surface area contributed by atoms with E-state index < -0.39 is 152 Å². The van der Waals surface area contributed by atoms with Gasteiger partial charge in [-0.15, -0.1) is 0 Å². The standard InChI is InChI=1S/C59H98O21/c1-30-18-16-17-19-41(60)44(70-13)26-46(77-56(66)34(5)24-32(3)22-31(2)23-33(4)42(21-20-30)78-57-52(64)51(63)53(72-15)38(9)75-57)54(65)59(68)36(7)49(61)35(6)43(80-59)25-40(29-69-12)76-48-28-58(11,67)55(39(10)74-48)79-47-27-45(71-14)50(62)37(8)73-47/h18,20-24,33,35-55,57,60-65,67-68H,16-17,19,25-29H2,1-15H3/b21-20+,30-18-,31-23+,32-22+,34-24+/t33-,35+,36-,37-,38+,39+,40-,41+,42-,43-,44+,45-,46?,47+,48+,49+,50-,51+,52+,53+,54-,55+,57+,58+,59-/m1/s1. The summed E-state index contributed by atoms with van der Waals surface area (Å²) in [7, 11) is 5.82. The molecule has 0 radical (unpaired) electrons. The average molecular weight is 1140 g/mol. The maximum absolute atomic E-state index is 14.2. The second-order valence-electron chi connectivity index (χ2n) is 23.3. The van der Waals surface area contributed by atoms with Crippen molar-refractivity contribution < 1.29 is 102 Å². The van der Waals surface area contributed by atoms with Crippen LogP contribution in [0.1, 0.15) is 121 Å². The first-order chi connectivity index (χ1) is 37.6. The SMILES string of the molecule is COC[C@@H](C[C@H]1O[C@@](O)([C@H](O)C2C[C@H](OC)[C@@H](O)CCC/C=C(C)\C=C\[C@@H](O[C@@H]3O[C@@H](C)[C@H](OC)[C@@H](O)[C@@H]3O)[C@H](C)/C=C(C)/C=C(C)/C=C(\C)C(=O)O2)[C@H](C)[C@@H](O)[C@H]1C)O[C@H]1C[C@](C)(O)[C@@H](O[C@H]2C[C@@H](OC)[C@H](O)[C@@H](C)O2)[C@H](C)O1. The molecule has 5 rings (SSSR count). The summed E-state index contributed by atoms with van der Waals surface area (Å²) in [5, 5.41) is 92.7. The first-order valence-electron chi connectivity index (χ1n) is 28.4. The van der Waals surface area contributed by atoms with E-state index in [-0.39, 0.29) is 50.2 Å². The van der Waals surface area contributed by atoms with Crippen molar-refractivity contribution in [1.29, 1.82) is 0 Å². The summed E-state index contributed by atoms with van der Waals surface area (Å²) < 4.78 is 72.1. The Hall–Kier alpha value is -2.59. The van der Waals surface area contributed by atoms with Crippen LogP contribution >= 0.6 is 0 Å². The second-order valence-corrected chi connectivity index (χ2v) is 23.3. The van der Waals surface area contributed by atoms with Crippen molar-refractivity contribution in [2.45, 2.75) is 255 Å². The molecule has 0 saturated carbocycles. The Morgan fingerprint density at radius 3 is 2.06 bits per heavy atom. The summed E-state index contributed by atoms with van der Waals surface area (Å²) in [6, 6.07) is 0. The summed E-state index contributed by atoms with van der Waals surface area (Å²) >= 11 is 0. The molecule has 0 aromatic heterocycles.